The van der Waals surface area contributed by atoms with Gasteiger partial charge in [-0.1, -0.05) is 318 Å². The zero-order valence-electron chi connectivity index (χ0n) is 54.8. The van der Waals surface area contributed by atoms with Crippen LogP contribution >= 0.6 is 0 Å². The Morgan fingerprint density at radius 3 is 0.744 bits per heavy atom. The number of allylic oxidation sites excluding steroid dienone is 12. The van der Waals surface area contributed by atoms with Crippen LogP contribution in [0.25, 0.3) is 0 Å². The van der Waals surface area contributed by atoms with Crippen molar-refractivity contribution in [3.8, 4) is 0 Å². The fourth-order valence-corrected chi connectivity index (χ4v) is 10.5. The van der Waals surface area contributed by atoms with E-state index in [9.17, 15) is 14.4 Å². The summed E-state index contributed by atoms with van der Waals surface area (Å²) in [6, 6.07) is 0. The highest BCUT2D eigenvalue weighted by Crippen LogP contribution is 2.18. The second kappa shape index (κ2) is 70.3. The average molecular weight is 1150 g/mol. The van der Waals surface area contributed by atoms with E-state index in [1.165, 1.54) is 238 Å². The predicted octanol–water partition coefficient (Wildman–Crippen LogP) is 24.8. The van der Waals surface area contributed by atoms with Gasteiger partial charge in [0.1, 0.15) is 13.2 Å². The molecule has 0 spiro atoms. The summed E-state index contributed by atoms with van der Waals surface area (Å²) in [6.45, 7) is 6.59. The topological polar surface area (TPSA) is 78.9 Å². The van der Waals surface area contributed by atoms with E-state index in [2.05, 4.69) is 93.7 Å². The lowest BCUT2D eigenvalue weighted by Gasteiger charge is -2.18. The maximum absolute atomic E-state index is 12.9. The number of ether oxygens (including phenoxy) is 3. The van der Waals surface area contributed by atoms with Crippen LogP contribution < -0.4 is 0 Å². The van der Waals surface area contributed by atoms with Gasteiger partial charge >= 0.3 is 17.9 Å². The van der Waals surface area contributed by atoms with Gasteiger partial charge in [0.2, 0.25) is 0 Å². The SMILES string of the molecule is CCC/C=C\CCCCCCCC(=O)OCC(COC(=O)CCCCCCCCCCCCCCCCCCCCC/C=C\C/C=C\CCCCCCC)OC(=O)CCCCCCCCCC/C=C\C/C=C\C/C=C\CCCCCCC. The summed E-state index contributed by atoms with van der Waals surface area (Å²) in [5.41, 5.74) is 0. The molecule has 0 aliphatic heterocycles. The maximum Gasteiger partial charge on any atom is 0.306 e. The van der Waals surface area contributed by atoms with Crippen molar-refractivity contribution in [1.82, 2.24) is 0 Å². The van der Waals surface area contributed by atoms with E-state index in [1.807, 2.05) is 0 Å². The van der Waals surface area contributed by atoms with Crippen LogP contribution in [0.1, 0.15) is 374 Å². The van der Waals surface area contributed by atoms with Crippen molar-refractivity contribution in [2.45, 2.75) is 380 Å². The van der Waals surface area contributed by atoms with Crippen molar-refractivity contribution in [2.24, 2.45) is 0 Å². The molecule has 82 heavy (non-hydrogen) atoms. The number of carbonyl (C=O) groups excluding carboxylic acids is 3. The van der Waals surface area contributed by atoms with Crippen LogP contribution in [0.4, 0.5) is 0 Å². The average Bonchev–Trinajstić information content (AvgIpc) is 3.48. The number of unbranched alkanes of at least 4 members (excludes halogenated alkanes) is 43. The fraction of sp³-hybridized carbons (Fsp3) is 0.803. The van der Waals surface area contributed by atoms with Crippen molar-refractivity contribution in [1.29, 1.82) is 0 Å². The summed E-state index contributed by atoms with van der Waals surface area (Å²) >= 11 is 0. The molecule has 0 bridgehead atoms. The van der Waals surface area contributed by atoms with Gasteiger partial charge in [0.05, 0.1) is 0 Å². The molecule has 0 saturated carbocycles. The second-order valence-electron chi connectivity index (χ2n) is 24.1. The van der Waals surface area contributed by atoms with Gasteiger partial charge in [-0.2, -0.15) is 0 Å². The van der Waals surface area contributed by atoms with Crippen molar-refractivity contribution in [3.05, 3.63) is 72.9 Å². The molecule has 0 aromatic heterocycles. The third-order valence-corrected chi connectivity index (χ3v) is 15.9. The fourth-order valence-electron chi connectivity index (χ4n) is 10.5. The lowest BCUT2D eigenvalue weighted by atomic mass is 10.0. The van der Waals surface area contributed by atoms with Gasteiger partial charge in [0.15, 0.2) is 6.10 Å². The summed E-state index contributed by atoms with van der Waals surface area (Å²) in [7, 11) is 0. The molecule has 0 heterocycles. The summed E-state index contributed by atoms with van der Waals surface area (Å²) in [4.78, 5) is 38.3. The standard InChI is InChI=1S/C76H136O6/c1-4-7-10-13-16-19-22-24-26-28-30-32-34-35-36-37-38-39-40-41-43-44-46-48-50-52-54-57-60-63-66-69-75(78)81-72-73(71-80-74(77)68-65-62-59-56-21-18-15-12-9-6-3)82-76(79)70-67-64-61-58-55-53-51-49-47-45-42-33-31-29-27-25-23-20-17-14-11-8-5-2/h12,15,22-25,28-31,42,45,73H,4-11,13-14,16-21,26-27,32-41,43-44,46-72H2,1-3H3/b15-12-,24-22-,25-23-,30-28-,31-29-,45-42-. The van der Waals surface area contributed by atoms with Gasteiger partial charge in [-0.3, -0.25) is 14.4 Å². The van der Waals surface area contributed by atoms with Gasteiger partial charge in [-0.25, -0.2) is 0 Å². The molecule has 0 fully saturated rings. The molecule has 0 radical (unpaired) electrons. The Bertz CT molecular complexity index is 1500. The number of hydrogen-bond acceptors (Lipinski definition) is 6. The third-order valence-electron chi connectivity index (χ3n) is 15.9. The highest BCUT2D eigenvalue weighted by molar-refractivity contribution is 5.71. The summed E-state index contributed by atoms with van der Waals surface area (Å²) in [5, 5.41) is 0. The molecule has 476 valence electrons. The molecular weight excluding hydrogens is 1010 g/mol. The molecule has 0 aromatic carbocycles. The lowest BCUT2D eigenvalue weighted by molar-refractivity contribution is -0.167. The van der Waals surface area contributed by atoms with Gasteiger partial charge in [-0.05, 0) is 109 Å². The second-order valence-corrected chi connectivity index (χ2v) is 24.1. The molecule has 1 unspecified atom stereocenters. The molecule has 6 nitrogen and oxygen atoms in total. The van der Waals surface area contributed by atoms with Crippen molar-refractivity contribution in [2.75, 3.05) is 13.2 Å². The quantitative estimate of drug-likeness (QED) is 0.0261. The highest BCUT2D eigenvalue weighted by Gasteiger charge is 2.19. The largest absolute Gasteiger partial charge is 0.462 e. The molecule has 0 aliphatic rings. The highest BCUT2D eigenvalue weighted by atomic mass is 16.6. The first kappa shape index (κ1) is 78.8. The summed E-state index contributed by atoms with van der Waals surface area (Å²) < 4.78 is 16.9. The van der Waals surface area contributed by atoms with Crippen molar-refractivity contribution in [3.63, 3.8) is 0 Å². The molecule has 1 atom stereocenters. The third kappa shape index (κ3) is 67.6. The monoisotopic (exact) mass is 1150 g/mol. The first-order chi connectivity index (χ1) is 40.5. The van der Waals surface area contributed by atoms with Crippen molar-refractivity contribution < 1.29 is 28.6 Å². The van der Waals surface area contributed by atoms with E-state index >= 15 is 0 Å². The van der Waals surface area contributed by atoms with Gasteiger partial charge < -0.3 is 14.2 Å². The van der Waals surface area contributed by atoms with E-state index in [4.69, 9.17) is 14.2 Å². The normalized spacial score (nSPS) is 12.5. The van der Waals surface area contributed by atoms with Crippen LogP contribution in [0.2, 0.25) is 0 Å². The van der Waals surface area contributed by atoms with Gasteiger partial charge in [0.25, 0.3) is 0 Å². The molecule has 0 saturated heterocycles. The smallest absolute Gasteiger partial charge is 0.306 e. The molecule has 0 aromatic rings. The predicted molar refractivity (Wildman–Crippen MR) is 358 cm³/mol. The molecule has 6 heteroatoms. The van der Waals surface area contributed by atoms with E-state index in [0.717, 1.165) is 96.3 Å². The Labute approximate surface area is 510 Å². The molecule has 0 aliphatic carbocycles. The number of rotatable bonds is 66. The van der Waals surface area contributed by atoms with Gasteiger partial charge in [-0.15, -0.1) is 0 Å². The first-order valence-corrected chi connectivity index (χ1v) is 35.9. The van der Waals surface area contributed by atoms with Crippen LogP contribution in [0.5, 0.6) is 0 Å². The van der Waals surface area contributed by atoms with Crippen LogP contribution in [0.3, 0.4) is 0 Å². The zero-order valence-corrected chi connectivity index (χ0v) is 54.8. The Kier molecular flexibility index (Phi) is 67.6. The van der Waals surface area contributed by atoms with Crippen molar-refractivity contribution >= 4 is 17.9 Å². The molecule has 0 rings (SSSR count). The van der Waals surface area contributed by atoms with Crippen LogP contribution in [0.15, 0.2) is 72.9 Å². The maximum atomic E-state index is 12.9. The van der Waals surface area contributed by atoms with E-state index in [1.54, 1.807) is 0 Å². The minimum Gasteiger partial charge on any atom is -0.462 e. The zero-order chi connectivity index (χ0) is 59.2. The Hall–Kier alpha value is -3.15. The molecule has 0 amide bonds. The Morgan fingerprint density at radius 2 is 0.463 bits per heavy atom. The Balaban J connectivity index is 4.14. The first-order valence-electron chi connectivity index (χ1n) is 35.9. The van der Waals surface area contributed by atoms with Crippen LogP contribution in [-0.4, -0.2) is 37.2 Å². The number of hydrogen-bond donors (Lipinski definition) is 0. The van der Waals surface area contributed by atoms with Crippen LogP contribution in [-0.2, 0) is 28.6 Å². The van der Waals surface area contributed by atoms with Crippen LogP contribution in [0, 0.1) is 0 Å². The Morgan fingerprint density at radius 1 is 0.244 bits per heavy atom. The van der Waals surface area contributed by atoms with E-state index in [0.29, 0.717) is 19.3 Å². The van der Waals surface area contributed by atoms with Gasteiger partial charge in [0, 0.05) is 19.3 Å². The molecule has 0 N–H and O–H groups in total. The lowest BCUT2D eigenvalue weighted by Crippen LogP contribution is -2.30. The van der Waals surface area contributed by atoms with E-state index < -0.39 is 6.10 Å². The number of esters is 3. The minimum absolute atomic E-state index is 0.0779. The minimum atomic E-state index is -0.782. The summed E-state index contributed by atoms with van der Waals surface area (Å²) in [5.74, 6) is -0.878. The summed E-state index contributed by atoms with van der Waals surface area (Å²) in [6.07, 6.45) is 92.4. The number of carbonyl (C=O) groups is 3. The molecular formula is C76H136O6. The van der Waals surface area contributed by atoms with E-state index in [-0.39, 0.29) is 31.1 Å².